The van der Waals surface area contributed by atoms with Crippen molar-refractivity contribution in [3.63, 3.8) is 0 Å². The van der Waals surface area contributed by atoms with Crippen LogP contribution in [0.15, 0.2) is 0 Å². The monoisotopic (exact) mass is 340 g/mol. The predicted molar refractivity (Wildman–Crippen MR) is 56.5 cm³/mol. The maximum absolute atomic E-state index is 3.36. The molecule has 0 nitrogen and oxygen atoms in total. The van der Waals surface area contributed by atoms with Gasteiger partial charge in [-0.05, 0) is 64.2 Å². The van der Waals surface area contributed by atoms with Crippen molar-refractivity contribution in [1.29, 1.82) is 0 Å². The molecule has 1 heteroatoms. The Bertz CT molecular complexity index is 48.0. The molecule has 0 aliphatic heterocycles. The van der Waals surface area contributed by atoms with Crippen LogP contribution < -0.4 is 0 Å². The Kier molecular flexibility index (Phi) is 18.6. The molecular formula is C12H15Ta-. The van der Waals surface area contributed by atoms with Crippen LogP contribution in [0.1, 0.15) is 0 Å². The Labute approximate surface area is 96.9 Å². The van der Waals surface area contributed by atoms with Crippen molar-refractivity contribution in [2.24, 2.45) is 0 Å². The van der Waals surface area contributed by atoms with Crippen molar-refractivity contribution in [3.05, 3.63) is 71.6 Å². The van der Waals surface area contributed by atoms with E-state index in [0.29, 0.717) is 0 Å². The molecule has 10 radical (unpaired) electrons. The van der Waals surface area contributed by atoms with Crippen LogP contribution in [0.3, 0.4) is 0 Å². The summed E-state index contributed by atoms with van der Waals surface area (Å²) in [5.41, 5.74) is 0. The molecular weight excluding hydrogens is 325 g/mol. The fraction of sp³-hybridized carbons (Fsp3) is 0. The minimum atomic E-state index is 0. The molecule has 2 aliphatic carbocycles. The molecule has 2 aliphatic rings. The Morgan fingerprint density at radius 2 is 0.538 bits per heavy atom. The summed E-state index contributed by atoms with van der Waals surface area (Å²) in [5, 5.41) is 0. The van der Waals surface area contributed by atoms with Crippen molar-refractivity contribution in [3.8, 4) is 0 Å². The summed E-state index contributed by atoms with van der Waals surface area (Å²) in [6.07, 6.45) is 20.0. The summed E-state index contributed by atoms with van der Waals surface area (Å²) in [6.45, 7) is 0. The number of rotatable bonds is 0. The first kappa shape index (κ1) is 16.1. The third-order valence-corrected chi connectivity index (χ3v) is 1.11. The van der Waals surface area contributed by atoms with E-state index in [1.165, 1.54) is 20.6 Å². The molecule has 0 atom stereocenters. The fourth-order valence-electron chi connectivity index (χ4n) is 0.642. The van der Waals surface area contributed by atoms with Crippen molar-refractivity contribution < 1.29 is 20.6 Å². The second kappa shape index (κ2) is 15.1. The first-order chi connectivity index (χ1) is 6.00. The van der Waals surface area contributed by atoms with Gasteiger partial charge >= 0.3 is 25.3 Å². The van der Waals surface area contributed by atoms with Crippen LogP contribution in [0, 0.1) is 71.6 Å². The van der Waals surface area contributed by atoms with Crippen molar-refractivity contribution >= 4 is 4.73 Å². The van der Waals surface area contributed by atoms with Gasteiger partial charge in [0.2, 0.25) is 0 Å². The molecule has 2 rings (SSSR count). The van der Waals surface area contributed by atoms with Crippen LogP contribution >= 0.6 is 0 Å². The SMILES string of the molecule is [CH2]=[Ta].[CH3-].[CH]1[CH][CH][CH][CH]1.[CH]1[CH][CH][CH][CH]1. The standard InChI is InChI=1S/2C5H5.CH3.CH2.Ta/c2*1-2-4-5-3-1;;;/h2*1-5H;1H3;1H2;/q;;-1;;. The van der Waals surface area contributed by atoms with E-state index in [9.17, 15) is 0 Å². The molecule has 0 unspecified atom stereocenters. The van der Waals surface area contributed by atoms with E-state index in [1.807, 2.05) is 64.2 Å². The van der Waals surface area contributed by atoms with Crippen LogP contribution in [0.4, 0.5) is 0 Å². The van der Waals surface area contributed by atoms with Gasteiger partial charge in [0.15, 0.2) is 0 Å². The van der Waals surface area contributed by atoms with Crippen LogP contribution in [0.2, 0.25) is 0 Å². The van der Waals surface area contributed by atoms with Gasteiger partial charge in [0.05, 0.1) is 0 Å². The molecule has 0 aromatic heterocycles. The summed E-state index contributed by atoms with van der Waals surface area (Å²) >= 11 is 1.19. The van der Waals surface area contributed by atoms with Gasteiger partial charge in [0, 0.05) is 0 Å². The summed E-state index contributed by atoms with van der Waals surface area (Å²) in [7, 11) is 0. The van der Waals surface area contributed by atoms with Crippen molar-refractivity contribution in [1.82, 2.24) is 0 Å². The van der Waals surface area contributed by atoms with Gasteiger partial charge in [-0.1, -0.05) is 0 Å². The van der Waals surface area contributed by atoms with Gasteiger partial charge in [-0.15, -0.1) is 0 Å². The van der Waals surface area contributed by atoms with Gasteiger partial charge in [-0.3, -0.25) is 0 Å². The number of hydrogen-bond acceptors (Lipinski definition) is 0. The van der Waals surface area contributed by atoms with E-state index in [4.69, 9.17) is 0 Å². The molecule has 0 aromatic rings. The molecule has 2 saturated carbocycles. The van der Waals surface area contributed by atoms with E-state index in [-0.39, 0.29) is 7.43 Å². The van der Waals surface area contributed by atoms with Crippen molar-refractivity contribution in [2.45, 2.75) is 0 Å². The Morgan fingerprint density at radius 1 is 0.462 bits per heavy atom. The molecule has 0 heterocycles. The minimum absolute atomic E-state index is 0. The normalized spacial score (nSPS) is 18.7. The van der Waals surface area contributed by atoms with Gasteiger partial charge in [-0.2, -0.15) is 0 Å². The van der Waals surface area contributed by atoms with E-state index in [0.717, 1.165) is 0 Å². The van der Waals surface area contributed by atoms with Crippen LogP contribution in [0.25, 0.3) is 0 Å². The molecule has 0 N–H and O–H groups in total. The Morgan fingerprint density at radius 3 is 0.615 bits per heavy atom. The molecule has 0 bridgehead atoms. The fourth-order valence-corrected chi connectivity index (χ4v) is 0.642. The third kappa shape index (κ3) is 12.6. The predicted octanol–water partition coefficient (Wildman–Crippen LogP) is 2.46. The van der Waals surface area contributed by atoms with Crippen molar-refractivity contribution in [2.75, 3.05) is 0 Å². The Balaban J connectivity index is 0. The average molecular weight is 340 g/mol. The first-order valence-corrected chi connectivity index (χ1v) is 5.92. The van der Waals surface area contributed by atoms with Gasteiger partial charge in [-0.25, -0.2) is 0 Å². The molecule has 69 valence electrons. The molecule has 2 fully saturated rings. The van der Waals surface area contributed by atoms with Gasteiger partial charge in [0.25, 0.3) is 0 Å². The smallest absolute Gasteiger partial charge is 0.0312 e. The zero-order valence-electron chi connectivity index (χ0n) is 7.93. The largest absolute Gasteiger partial charge is 0.358 e. The van der Waals surface area contributed by atoms with E-state index < -0.39 is 0 Å². The summed E-state index contributed by atoms with van der Waals surface area (Å²) in [6, 6.07) is 0. The van der Waals surface area contributed by atoms with Crippen LogP contribution in [0.5, 0.6) is 0 Å². The maximum atomic E-state index is 3.36. The topological polar surface area (TPSA) is 0 Å². The molecule has 0 spiro atoms. The molecule has 0 aromatic carbocycles. The van der Waals surface area contributed by atoms with E-state index in [1.54, 1.807) is 0 Å². The van der Waals surface area contributed by atoms with Crippen LogP contribution in [-0.2, 0) is 20.6 Å². The minimum Gasteiger partial charge on any atom is -0.358 e. The molecule has 0 amide bonds. The first-order valence-electron chi connectivity index (χ1n) is 3.65. The summed E-state index contributed by atoms with van der Waals surface area (Å²) in [5.74, 6) is 0. The summed E-state index contributed by atoms with van der Waals surface area (Å²) in [4.78, 5) is 0. The average Bonchev–Trinajstić information content (AvgIpc) is 2.87. The van der Waals surface area contributed by atoms with Crippen LogP contribution in [-0.4, -0.2) is 4.73 Å². The zero-order chi connectivity index (χ0) is 9.07. The zero-order valence-corrected chi connectivity index (χ0v) is 11.1. The van der Waals surface area contributed by atoms with E-state index >= 15 is 0 Å². The van der Waals surface area contributed by atoms with E-state index in [2.05, 4.69) is 4.73 Å². The summed E-state index contributed by atoms with van der Waals surface area (Å²) < 4.78 is 3.36. The quantitative estimate of drug-likeness (QED) is 0.595. The van der Waals surface area contributed by atoms with Gasteiger partial charge < -0.3 is 7.43 Å². The molecule has 13 heavy (non-hydrogen) atoms. The Hall–Kier alpha value is 0.610. The molecule has 0 saturated heterocycles. The second-order valence-corrected chi connectivity index (χ2v) is 1.92. The second-order valence-electron chi connectivity index (χ2n) is 1.92. The number of hydrogen-bond donors (Lipinski definition) is 0. The van der Waals surface area contributed by atoms with Gasteiger partial charge in [0.1, 0.15) is 0 Å². The maximum Gasteiger partial charge on any atom is -0.0312 e. The third-order valence-electron chi connectivity index (χ3n) is 1.11.